The zero-order valence-corrected chi connectivity index (χ0v) is 37.4. The maximum absolute atomic E-state index is 10.3. The van der Waals surface area contributed by atoms with Crippen LogP contribution in [0.5, 0.6) is 0 Å². The summed E-state index contributed by atoms with van der Waals surface area (Å²) in [5.74, 6) is 0. The molecule has 6 nitrogen and oxygen atoms in total. The lowest BCUT2D eigenvalue weighted by Crippen LogP contribution is -2.13. The van der Waals surface area contributed by atoms with Gasteiger partial charge in [-0.2, -0.15) is 10.5 Å². The van der Waals surface area contributed by atoms with E-state index >= 15 is 0 Å². The first-order valence-corrected chi connectivity index (χ1v) is 22.9. The van der Waals surface area contributed by atoms with Crippen molar-refractivity contribution in [1.82, 2.24) is 0 Å². The summed E-state index contributed by atoms with van der Waals surface area (Å²) < 4.78 is 13.6. The van der Waals surface area contributed by atoms with E-state index in [1.807, 2.05) is 97.1 Å². The molecule has 0 aliphatic rings. The van der Waals surface area contributed by atoms with Gasteiger partial charge in [0.05, 0.1) is 57.4 Å². The first kappa shape index (κ1) is 39.7. The molecule has 322 valence electrons. The second-order valence-electron chi connectivity index (χ2n) is 17.4. The molecule has 0 aliphatic carbocycles. The predicted molar refractivity (Wildman–Crippen MR) is 285 cm³/mol. The number of furan rings is 2. The Balaban J connectivity index is 1.13. The van der Waals surface area contributed by atoms with Gasteiger partial charge in [-0.3, -0.25) is 0 Å². The van der Waals surface area contributed by atoms with Gasteiger partial charge >= 0.3 is 0 Å². The number of nitrogens with zero attached hydrogens (tertiary/aromatic N) is 4. The summed E-state index contributed by atoms with van der Waals surface area (Å²) in [6.45, 7) is 6.72. The Hall–Kier alpha value is -9.62. The summed E-state index contributed by atoms with van der Waals surface area (Å²) in [7, 11) is 0. The Labute approximate surface area is 396 Å². The van der Waals surface area contributed by atoms with Crippen molar-refractivity contribution in [3.63, 3.8) is 0 Å². The van der Waals surface area contributed by atoms with Gasteiger partial charge in [0.1, 0.15) is 11.2 Å². The lowest BCUT2D eigenvalue weighted by atomic mass is 9.91. The number of aryl methyl sites for hydroxylation is 1. The van der Waals surface area contributed by atoms with Gasteiger partial charge in [-0.15, -0.1) is 0 Å². The Morgan fingerprint density at radius 1 is 0.391 bits per heavy atom. The molecule has 2 heterocycles. The van der Waals surface area contributed by atoms with E-state index in [0.29, 0.717) is 11.1 Å². The van der Waals surface area contributed by atoms with Crippen molar-refractivity contribution >= 4 is 127 Å². The SMILES string of the molecule is C=Cc1c(N(c2ccc(C#N)c3ccccc23)c2cccc3c2oc2ccccc23)ccc2ccc3c(N(c4ccc(C#N)c5ccccc45)c4cccc5c4oc4ccccc45)ccc(C)c3c12. The fourth-order valence-electron chi connectivity index (χ4n) is 10.8. The van der Waals surface area contributed by atoms with Gasteiger partial charge in [0.2, 0.25) is 0 Å². The molecule has 0 radical (unpaired) electrons. The Morgan fingerprint density at radius 2 is 0.826 bits per heavy atom. The lowest BCUT2D eigenvalue weighted by Gasteiger charge is -2.30. The van der Waals surface area contributed by atoms with Gasteiger partial charge in [0, 0.05) is 54.0 Å². The molecule has 69 heavy (non-hydrogen) atoms. The molecule has 0 saturated carbocycles. The molecule has 13 aromatic rings. The van der Waals surface area contributed by atoms with Crippen LogP contribution >= 0.6 is 0 Å². The van der Waals surface area contributed by atoms with Crippen LogP contribution < -0.4 is 9.80 Å². The summed E-state index contributed by atoms with van der Waals surface area (Å²) in [4.78, 5) is 4.58. The minimum absolute atomic E-state index is 0.603. The van der Waals surface area contributed by atoms with E-state index in [1.54, 1.807) is 0 Å². The first-order chi connectivity index (χ1) is 34.0. The molecule has 0 amide bonds. The third-order valence-corrected chi connectivity index (χ3v) is 13.8. The monoisotopic (exact) mass is 882 g/mol. The molecular weight excluding hydrogens is 845 g/mol. The zero-order valence-electron chi connectivity index (χ0n) is 37.4. The number of fused-ring (bicyclic) bond motifs is 11. The fraction of sp³-hybridized carbons (Fsp3) is 0.0159. The first-order valence-electron chi connectivity index (χ1n) is 22.9. The number of para-hydroxylation sites is 4. The van der Waals surface area contributed by atoms with Gasteiger partial charge in [-0.25, -0.2) is 0 Å². The predicted octanol–water partition coefficient (Wildman–Crippen LogP) is 17.7. The standard InChI is InChI=1S/C63H38N4O2/c1-3-42-52(66(53-34-29-40(36-64)43-14-4-6-16-45(43)53)56-22-12-20-49-47-18-8-10-24-58(47)68-62(49)56)33-28-39-27-31-51-55(32-26-38(2)60(51)61(39)42)67(54-35-30-41(37-65)44-15-5-7-17-46(44)54)57-23-13-21-50-48-19-9-11-25-59(48)69-63(50)57/h3-35H,1H2,2H3. The van der Waals surface area contributed by atoms with Crippen molar-refractivity contribution in [2.24, 2.45) is 0 Å². The summed E-state index contributed by atoms with van der Waals surface area (Å²) in [6, 6.07) is 71.2. The molecule has 2 aromatic heterocycles. The third-order valence-electron chi connectivity index (χ3n) is 13.8. The van der Waals surface area contributed by atoms with Crippen LogP contribution in [0.15, 0.2) is 210 Å². The quantitative estimate of drug-likeness (QED) is 0.148. The molecule has 11 aromatic carbocycles. The summed E-state index contributed by atoms with van der Waals surface area (Å²) in [5.41, 5.74) is 11.8. The van der Waals surface area contributed by atoms with E-state index < -0.39 is 0 Å². The summed E-state index contributed by atoms with van der Waals surface area (Å²) in [6.07, 6.45) is 1.97. The van der Waals surface area contributed by atoms with Crippen molar-refractivity contribution in [2.45, 2.75) is 6.92 Å². The topological polar surface area (TPSA) is 80.3 Å². The molecule has 13 rings (SSSR count). The number of benzene rings is 11. The zero-order chi connectivity index (χ0) is 46.3. The van der Waals surface area contributed by atoms with Crippen LogP contribution in [0.1, 0.15) is 22.3 Å². The molecule has 0 bridgehead atoms. The molecule has 0 aliphatic heterocycles. The van der Waals surface area contributed by atoms with E-state index in [-0.39, 0.29) is 0 Å². The Bertz CT molecular complexity index is 4410. The molecule has 0 spiro atoms. The molecule has 6 heteroatoms. The van der Waals surface area contributed by atoms with Gasteiger partial charge in [-0.05, 0) is 89.3 Å². The highest BCUT2D eigenvalue weighted by molar-refractivity contribution is 6.21. The second-order valence-corrected chi connectivity index (χ2v) is 17.4. The number of hydrogen-bond acceptors (Lipinski definition) is 6. The number of rotatable bonds is 7. The molecule has 0 fully saturated rings. The van der Waals surface area contributed by atoms with Crippen LogP contribution in [0.4, 0.5) is 34.1 Å². The minimum atomic E-state index is 0.603. The normalized spacial score (nSPS) is 11.6. The average Bonchev–Trinajstić information content (AvgIpc) is 3.99. The van der Waals surface area contributed by atoms with Crippen LogP contribution in [-0.4, -0.2) is 0 Å². The van der Waals surface area contributed by atoms with Crippen molar-refractivity contribution in [1.29, 1.82) is 10.5 Å². The Morgan fingerprint density at radius 3 is 1.36 bits per heavy atom. The summed E-state index contributed by atoms with van der Waals surface area (Å²) in [5, 5.41) is 32.5. The number of anilines is 6. The maximum atomic E-state index is 10.3. The lowest BCUT2D eigenvalue weighted by molar-refractivity contribution is 0.669. The van der Waals surface area contributed by atoms with Crippen molar-refractivity contribution in [3.05, 3.63) is 223 Å². The molecule has 0 unspecified atom stereocenters. The second kappa shape index (κ2) is 15.5. The minimum Gasteiger partial charge on any atom is -0.454 e. The highest BCUT2D eigenvalue weighted by Crippen LogP contribution is 2.51. The summed E-state index contributed by atoms with van der Waals surface area (Å²) >= 11 is 0. The van der Waals surface area contributed by atoms with Crippen molar-refractivity contribution < 1.29 is 8.83 Å². The van der Waals surface area contributed by atoms with Gasteiger partial charge < -0.3 is 18.6 Å². The van der Waals surface area contributed by atoms with Crippen LogP contribution in [0.3, 0.4) is 0 Å². The highest BCUT2D eigenvalue weighted by Gasteiger charge is 2.27. The molecule has 0 saturated heterocycles. The molecule has 0 N–H and O–H groups in total. The van der Waals surface area contributed by atoms with E-state index in [4.69, 9.17) is 8.83 Å². The average molecular weight is 883 g/mol. The van der Waals surface area contributed by atoms with E-state index in [0.717, 1.165) is 132 Å². The van der Waals surface area contributed by atoms with Gasteiger partial charge in [0.25, 0.3) is 0 Å². The smallest absolute Gasteiger partial charge is 0.159 e. The van der Waals surface area contributed by atoms with Gasteiger partial charge in [-0.1, -0.05) is 146 Å². The molecular formula is C63H38N4O2. The van der Waals surface area contributed by atoms with Crippen molar-refractivity contribution in [2.75, 3.05) is 9.80 Å². The van der Waals surface area contributed by atoms with Crippen LogP contribution in [-0.2, 0) is 0 Å². The van der Waals surface area contributed by atoms with Crippen LogP contribution in [0, 0.1) is 29.6 Å². The van der Waals surface area contributed by atoms with Crippen LogP contribution in [0.2, 0.25) is 0 Å². The third kappa shape index (κ3) is 5.90. The van der Waals surface area contributed by atoms with Gasteiger partial charge in [0.15, 0.2) is 11.2 Å². The highest BCUT2D eigenvalue weighted by atomic mass is 16.3. The fourth-order valence-corrected chi connectivity index (χ4v) is 10.8. The Kier molecular flexibility index (Phi) is 8.92. The number of nitriles is 2. The number of hydrogen-bond donors (Lipinski definition) is 0. The molecule has 0 atom stereocenters. The van der Waals surface area contributed by atoms with E-state index in [2.05, 4.69) is 139 Å². The van der Waals surface area contributed by atoms with Crippen molar-refractivity contribution in [3.8, 4) is 12.1 Å². The van der Waals surface area contributed by atoms with E-state index in [1.165, 1.54) is 0 Å². The largest absolute Gasteiger partial charge is 0.454 e. The van der Waals surface area contributed by atoms with E-state index in [9.17, 15) is 10.5 Å². The van der Waals surface area contributed by atoms with Crippen LogP contribution in [0.25, 0.3) is 93.0 Å². The maximum Gasteiger partial charge on any atom is 0.159 e.